The maximum Gasteiger partial charge on any atom is 0.248 e. The monoisotopic (exact) mass is 305 g/mol. The number of methoxy groups -OCH3 is 1. The van der Waals surface area contributed by atoms with E-state index in [0.717, 1.165) is 17.5 Å². The topological polar surface area (TPSA) is 71.5 Å². The lowest BCUT2D eigenvalue weighted by molar-refractivity contribution is -0.147. The van der Waals surface area contributed by atoms with Crippen LogP contribution < -0.4 is 5.32 Å². The standard InChI is InChI=1S/C16H23N3O3/c1-12-10-18-7-5-13(12)9-14(20)19-8-4-6-16(19,11-22-3)15(21)17-2/h5,7,10H,4,6,8-9,11H2,1-3H3,(H,17,21). The Labute approximate surface area is 130 Å². The molecule has 0 spiro atoms. The van der Waals surface area contributed by atoms with Gasteiger partial charge in [0, 0.05) is 33.1 Å². The molecule has 1 aromatic heterocycles. The van der Waals surface area contributed by atoms with Crippen molar-refractivity contribution in [2.75, 3.05) is 27.3 Å². The molecule has 1 saturated heterocycles. The third-order valence-corrected chi connectivity index (χ3v) is 4.30. The second-order valence-corrected chi connectivity index (χ2v) is 5.67. The van der Waals surface area contributed by atoms with Crippen molar-refractivity contribution in [2.45, 2.75) is 31.7 Å². The first-order valence-corrected chi connectivity index (χ1v) is 7.46. The molecule has 1 N–H and O–H groups in total. The van der Waals surface area contributed by atoms with E-state index in [-0.39, 0.29) is 24.8 Å². The fraction of sp³-hybridized carbons (Fsp3) is 0.562. The Morgan fingerprint density at radius 2 is 2.27 bits per heavy atom. The molecule has 1 fully saturated rings. The van der Waals surface area contributed by atoms with Crippen molar-refractivity contribution < 1.29 is 14.3 Å². The third-order valence-electron chi connectivity index (χ3n) is 4.30. The van der Waals surface area contributed by atoms with Crippen LogP contribution in [0.2, 0.25) is 0 Å². The average molecular weight is 305 g/mol. The molecule has 1 atom stereocenters. The molecule has 0 saturated carbocycles. The van der Waals surface area contributed by atoms with E-state index in [2.05, 4.69) is 10.3 Å². The van der Waals surface area contributed by atoms with E-state index < -0.39 is 5.54 Å². The van der Waals surface area contributed by atoms with Crippen LogP contribution in [0.15, 0.2) is 18.5 Å². The lowest BCUT2D eigenvalue weighted by atomic mass is 9.95. The van der Waals surface area contributed by atoms with Crippen LogP contribution >= 0.6 is 0 Å². The average Bonchev–Trinajstić information content (AvgIpc) is 2.94. The molecular weight excluding hydrogens is 282 g/mol. The quantitative estimate of drug-likeness (QED) is 0.868. The van der Waals surface area contributed by atoms with Crippen LogP contribution in [0.1, 0.15) is 24.0 Å². The van der Waals surface area contributed by atoms with Gasteiger partial charge in [0.25, 0.3) is 0 Å². The van der Waals surface area contributed by atoms with E-state index >= 15 is 0 Å². The van der Waals surface area contributed by atoms with Crippen molar-refractivity contribution in [3.63, 3.8) is 0 Å². The Morgan fingerprint density at radius 3 is 2.91 bits per heavy atom. The first kappa shape index (κ1) is 16.4. The van der Waals surface area contributed by atoms with Gasteiger partial charge in [-0.3, -0.25) is 14.6 Å². The second kappa shape index (κ2) is 6.87. The number of carbonyl (C=O) groups excluding carboxylic acids is 2. The zero-order valence-electron chi connectivity index (χ0n) is 13.4. The lowest BCUT2D eigenvalue weighted by Crippen LogP contribution is -2.59. The number of ether oxygens (including phenoxy) is 1. The molecule has 1 unspecified atom stereocenters. The zero-order chi connectivity index (χ0) is 16.2. The molecule has 22 heavy (non-hydrogen) atoms. The molecule has 2 amide bonds. The Bertz CT molecular complexity index is 561. The molecule has 0 aliphatic carbocycles. The highest BCUT2D eigenvalue weighted by atomic mass is 16.5. The summed E-state index contributed by atoms with van der Waals surface area (Å²) in [5.41, 5.74) is 1.03. The van der Waals surface area contributed by atoms with Crippen LogP contribution in [0, 0.1) is 6.92 Å². The molecule has 6 heteroatoms. The Balaban J connectivity index is 2.23. The molecule has 2 rings (SSSR count). The number of hydrogen-bond acceptors (Lipinski definition) is 4. The van der Waals surface area contributed by atoms with Gasteiger partial charge in [-0.1, -0.05) is 0 Å². The van der Waals surface area contributed by atoms with Crippen molar-refractivity contribution in [1.82, 2.24) is 15.2 Å². The van der Waals surface area contributed by atoms with E-state index in [0.29, 0.717) is 13.0 Å². The van der Waals surface area contributed by atoms with Crippen LogP contribution in [-0.4, -0.2) is 54.5 Å². The highest BCUT2D eigenvalue weighted by Crippen LogP contribution is 2.31. The van der Waals surface area contributed by atoms with Crippen molar-refractivity contribution in [1.29, 1.82) is 0 Å². The van der Waals surface area contributed by atoms with E-state index in [9.17, 15) is 9.59 Å². The summed E-state index contributed by atoms with van der Waals surface area (Å²) < 4.78 is 5.24. The number of pyridine rings is 1. The highest BCUT2D eigenvalue weighted by molar-refractivity contribution is 5.92. The van der Waals surface area contributed by atoms with Gasteiger partial charge in [0.15, 0.2) is 0 Å². The minimum absolute atomic E-state index is 0.0487. The molecule has 0 radical (unpaired) electrons. The molecule has 0 aromatic carbocycles. The van der Waals surface area contributed by atoms with Crippen LogP contribution in [0.5, 0.6) is 0 Å². The number of rotatable bonds is 5. The summed E-state index contributed by atoms with van der Waals surface area (Å²) in [6, 6.07) is 1.85. The van der Waals surface area contributed by atoms with Crippen molar-refractivity contribution >= 4 is 11.8 Å². The van der Waals surface area contributed by atoms with E-state index in [1.165, 1.54) is 0 Å². The summed E-state index contributed by atoms with van der Waals surface area (Å²) in [6.07, 6.45) is 5.13. The van der Waals surface area contributed by atoms with Crippen LogP contribution in [0.25, 0.3) is 0 Å². The van der Waals surface area contributed by atoms with Crippen molar-refractivity contribution in [3.05, 3.63) is 29.6 Å². The lowest BCUT2D eigenvalue weighted by Gasteiger charge is -2.36. The number of likely N-dealkylation sites (tertiary alicyclic amines) is 1. The third kappa shape index (κ3) is 2.97. The normalized spacial score (nSPS) is 21.0. The maximum atomic E-state index is 12.7. The van der Waals surface area contributed by atoms with Gasteiger partial charge in [0.1, 0.15) is 5.54 Å². The molecule has 1 aromatic rings. The van der Waals surface area contributed by atoms with Crippen molar-refractivity contribution in [3.8, 4) is 0 Å². The fourth-order valence-corrected chi connectivity index (χ4v) is 3.12. The summed E-state index contributed by atoms with van der Waals surface area (Å²) in [7, 11) is 3.15. The summed E-state index contributed by atoms with van der Waals surface area (Å²) in [4.78, 5) is 30.8. The molecule has 1 aliphatic heterocycles. The van der Waals surface area contributed by atoms with Crippen molar-refractivity contribution in [2.24, 2.45) is 0 Å². The van der Waals surface area contributed by atoms with Crippen LogP contribution in [0.3, 0.4) is 0 Å². The van der Waals surface area contributed by atoms with Gasteiger partial charge in [0.05, 0.1) is 13.0 Å². The summed E-state index contributed by atoms with van der Waals surface area (Å²) in [5, 5.41) is 2.67. The highest BCUT2D eigenvalue weighted by Gasteiger charge is 2.49. The SMILES string of the molecule is CNC(=O)C1(COC)CCCN1C(=O)Cc1ccncc1C. The predicted molar refractivity (Wildman–Crippen MR) is 82.3 cm³/mol. The van der Waals surface area contributed by atoms with Crippen LogP contribution in [-0.2, 0) is 20.7 Å². The van der Waals surface area contributed by atoms with Gasteiger partial charge < -0.3 is 15.0 Å². The predicted octanol–water partition coefficient (Wildman–Crippen LogP) is 0.686. The Morgan fingerprint density at radius 1 is 1.50 bits per heavy atom. The molecule has 2 heterocycles. The first-order valence-electron chi connectivity index (χ1n) is 7.46. The minimum atomic E-state index is -0.887. The zero-order valence-corrected chi connectivity index (χ0v) is 13.4. The number of amides is 2. The fourth-order valence-electron chi connectivity index (χ4n) is 3.12. The van der Waals surface area contributed by atoms with E-state index in [4.69, 9.17) is 4.74 Å². The van der Waals surface area contributed by atoms with Crippen LogP contribution in [0.4, 0.5) is 0 Å². The van der Waals surface area contributed by atoms with Gasteiger partial charge in [0.2, 0.25) is 11.8 Å². The molecule has 6 nitrogen and oxygen atoms in total. The van der Waals surface area contributed by atoms with Gasteiger partial charge >= 0.3 is 0 Å². The van der Waals surface area contributed by atoms with E-state index in [1.54, 1.807) is 31.5 Å². The van der Waals surface area contributed by atoms with E-state index in [1.807, 2.05) is 13.0 Å². The molecule has 0 bridgehead atoms. The molecular formula is C16H23N3O3. The number of aryl methyl sites for hydroxylation is 1. The van der Waals surface area contributed by atoms with Gasteiger partial charge in [-0.2, -0.15) is 0 Å². The number of hydrogen-bond donors (Lipinski definition) is 1. The summed E-state index contributed by atoms with van der Waals surface area (Å²) in [5.74, 6) is -0.209. The number of likely N-dealkylation sites (N-methyl/N-ethyl adjacent to an activating group) is 1. The molecule has 1 aliphatic rings. The largest absolute Gasteiger partial charge is 0.382 e. The maximum absolute atomic E-state index is 12.7. The first-order chi connectivity index (χ1) is 10.5. The Kier molecular flexibility index (Phi) is 5.13. The van der Waals surface area contributed by atoms with Gasteiger partial charge in [-0.25, -0.2) is 0 Å². The summed E-state index contributed by atoms with van der Waals surface area (Å²) in [6.45, 7) is 2.73. The minimum Gasteiger partial charge on any atom is -0.382 e. The number of nitrogens with zero attached hydrogens (tertiary/aromatic N) is 2. The number of carbonyl (C=O) groups is 2. The number of aromatic nitrogens is 1. The number of nitrogens with one attached hydrogen (secondary N) is 1. The van der Waals surface area contributed by atoms with Gasteiger partial charge in [-0.05, 0) is 37.0 Å². The smallest absolute Gasteiger partial charge is 0.248 e. The Hall–Kier alpha value is -1.95. The van der Waals surface area contributed by atoms with Gasteiger partial charge in [-0.15, -0.1) is 0 Å². The molecule has 120 valence electrons. The summed E-state index contributed by atoms with van der Waals surface area (Å²) >= 11 is 0. The second-order valence-electron chi connectivity index (χ2n) is 5.67.